The fourth-order valence-corrected chi connectivity index (χ4v) is 3.84. The van der Waals surface area contributed by atoms with E-state index < -0.39 is 0 Å². The van der Waals surface area contributed by atoms with E-state index in [1.807, 2.05) is 18.2 Å². The molecule has 1 aliphatic carbocycles. The Bertz CT molecular complexity index is 459. The van der Waals surface area contributed by atoms with Gasteiger partial charge in [0, 0.05) is 5.75 Å². The molecule has 4 heteroatoms. The largest absolute Gasteiger partial charge is 0.392 e. The molecular formula is C12H13NOS2. The Balaban J connectivity index is 1.69. The predicted molar refractivity (Wildman–Crippen MR) is 69.1 cm³/mol. The van der Waals surface area contributed by atoms with Gasteiger partial charge in [0.2, 0.25) is 0 Å². The second kappa shape index (κ2) is 4.35. The van der Waals surface area contributed by atoms with Gasteiger partial charge in [-0.1, -0.05) is 23.9 Å². The lowest BCUT2D eigenvalue weighted by Crippen LogP contribution is -2.11. The third-order valence-corrected chi connectivity index (χ3v) is 5.10. The molecule has 0 saturated heterocycles. The van der Waals surface area contributed by atoms with E-state index in [1.54, 1.807) is 23.1 Å². The summed E-state index contributed by atoms with van der Waals surface area (Å²) in [6.45, 7) is 0. The number of aromatic nitrogens is 1. The average Bonchev–Trinajstić information content (AvgIpc) is 3.06. The Kier molecular flexibility index (Phi) is 2.88. The zero-order valence-corrected chi connectivity index (χ0v) is 10.4. The summed E-state index contributed by atoms with van der Waals surface area (Å²) < 4.78 is 2.30. The van der Waals surface area contributed by atoms with Crippen LogP contribution in [0.3, 0.4) is 0 Å². The fraction of sp³-hybridized carbons (Fsp3) is 0.417. The molecule has 1 N–H and O–H groups in total. The van der Waals surface area contributed by atoms with Crippen molar-refractivity contribution in [2.24, 2.45) is 5.92 Å². The maximum Gasteiger partial charge on any atom is 0.151 e. The van der Waals surface area contributed by atoms with Gasteiger partial charge in [0.25, 0.3) is 0 Å². The number of hydrogen-bond acceptors (Lipinski definition) is 4. The summed E-state index contributed by atoms with van der Waals surface area (Å²) in [6, 6.07) is 8.17. The van der Waals surface area contributed by atoms with Crippen LogP contribution in [0.4, 0.5) is 0 Å². The molecule has 1 aromatic heterocycles. The first-order chi connectivity index (χ1) is 7.83. The molecule has 0 amide bonds. The fourth-order valence-electron chi connectivity index (χ4n) is 1.69. The molecule has 2 nitrogen and oxygen atoms in total. The van der Waals surface area contributed by atoms with Crippen molar-refractivity contribution in [3.05, 3.63) is 24.3 Å². The third-order valence-electron chi connectivity index (χ3n) is 2.82. The molecule has 1 unspecified atom stereocenters. The van der Waals surface area contributed by atoms with Gasteiger partial charge in [-0.15, -0.1) is 11.3 Å². The molecule has 84 valence electrons. The predicted octanol–water partition coefficient (Wildman–Crippen LogP) is 3.16. The van der Waals surface area contributed by atoms with Crippen LogP contribution in [0.25, 0.3) is 10.2 Å². The molecule has 2 aromatic rings. The van der Waals surface area contributed by atoms with E-state index in [-0.39, 0.29) is 6.10 Å². The molecule has 0 spiro atoms. The molecule has 1 heterocycles. The van der Waals surface area contributed by atoms with Crippen LogP contribution >= 0.6 is 23.1 Å². The second-order valence-corrected chi connectivity index (χ2v) is 6.46. The van der Waals surface area contributed by atoms with E-state index in [0.29, 0.717) is 5.92 Å². The first kappa shape index (κ1) is 10.6. The molecule has 0 bridgehead atoms. The number of thioether (sulfide) groups is 1. The van der Waals surface area contributed by atoms with Gasteiger partial charge in [-0.25, -0.2) is 4.98 Å². The zero-order chi connectivity index (χ0) is 11.0. The second-order valence-electron chi connectivity index (χ2n) is 4.16. The van der Waals surface area contributed by atoms with Crippen LogP contribution in [0, 0.1) is 5.92 Å². The van der Waals surface area contributed by atoms with Gasteiger partial charge in [-0.05, 0) is 30.9 Å². The summed E-state index contributed by atoms with van der Waals surface area (Å²) in [5.41, 5.74) is 1.07. The highest BCUT2D eigenvalue weighted by atomic mass is 32.2. The van der Waals surface area contributed by atoms with Crippen molar-refractivity contribution in [2.75, 3.05) is 5.75 Å². The molecule has 1 fully saturated rings. The van der Waals surface area contributed by atoms with Crippen LogP contribution < -0.4 is 0 Å². The van der Waals surface area contributed by atoms with Gasteiger partial charge in [0.1, 0.15) is 0 Å². The van der Waals surface area contributed by atoms with Crippen LogP contribution in [0.5, 0.6) is 0 Å². The Hall–Kier alpha value is -0.580. The van der Waals surface area contributed by atoms with E-state index >= 15 is 0 Å². The molecule has 3 rings (SSSR count). The van der Waals surface area contributed by atoms with Crippen molar-refractivity contribution >= 4 is 33.3 Å². The van der Waals surface area contributed by atoms with Crippen molar-refractivity contribution in [2.45, 2.75) is 23.3 Å². The Morgan fingerprint density at radius 1 is 1.44 bits per heavy atom. The quantitative estimate of drug-likeness (QED) is 0.847. The molecule has 1 aromatic carbocycles. The molecule has 1 atom stereocenters. The summed E-state index contributed by atoms with van der Waals surface area (Å²) >= 11 is 3.39. The number of fused-ring (bicyclic) bond motifs is 1. The minimum absolute atomic E-state index is 0.142. The minimum Gasteiger partial charge on any atom is -0.392 e. The number of benzene rings is 1. The summed E-state index contributed by atoms with van der Waals surface area (Å²) in [4.78, 5) is 4.53. The monoisotopic (exact) mass is 251 g/mol. The zero-order valence-electron chi connectivity index (χ0n) is 8.80. The van der Waals surface area contributed by atoms with E-state index in [9.17, 15) is 5.11 Å². The number of aliphatic hydroxyl groups excluding tert-OH is 1. The lowest BCUT2D eigenvalue weighted by Gasteiger charge is -2.05. The van der Waals surface area contributed by atoms with Gasteiger partial charge in [0.15, 0.2) is 4.34 Å². The third kappa shape index (κ3) is 2.24. The molecule has 0 radical (unpaired) electrons. The molecular weight excluding hydrogens is 238 g/mol. The van der Waals surface area contributed by atoms with Crippen molar-refractivity contribution < 1.29 is 5.11 Å². The SMILES string of the molecule is OC(CSc1nc2ccccc2s1)C1CC1. The van der Waals surface area contributed by atoms with Crippen LogP contribution in [-0.2, 0) is 0 Å². The van der Waals surface area contributed by atoms with Crippen molar-refractivity contribution in [3.63, 3.8) is 0 Å². The number of thiazole rings is 1. The van der Waals surface area contributed by atoms with E-state index in [0.717, 1.165) is 15.6 Å². The summed E-state index contributed by atoms with van der Waals surface area (Å²) in [6.07, 6.45) is 2.25. The molecule has 16 heavy (non-hydrogen) atoms. The number of hydrogen-bond donors (Lipinski definition) is 1. The van der Waals surface area contributed by atoms with Crippen molar-refractivity contribution in [1.82, 2.24) is 4.98 Å². The van der Waals surface area contributed by atoms with Gasteiger partial charge in [-0.3, -0.25) is 0 Å². The Morgan fingerprint density at radius 3 is 3.00 bits per heavy atom. The highest BCUT2D eigenvalue weighted by molar-refractivity contribution is 8.01. The number of rotatable bonds is 4. The van der Waals surface area contributed by atoms with E-state index in [1.165, 1.54) is 17.5 Å². The van der Waals surface area contributed by atoms with Crippen LogP contribution in [0.15, 0.2) is 28.6 Å². The van der Waals surface area contributed by atoms with Crippen molar-refractivity contribution in [1.29, 1.82) is 0 Å². The number of nitrogens with zero attached hydrogens (tertiary/aromatic N) is 1. The van der Waals surface area contributed by atoms with E-state index in [4.69, 9.17) is 0 Å². The molecule has 0 aliphatic heterocycles. The van der Waals surface area contributed by atoms with E-state index in [2.05, 4.69) is 11.1 Å². The summed E-state index contributed by atoms with van der Waals surface area (Å²) in [5, 5.41) is 9.78. The Labute approximate surface area is 103 Å². The highest BCUT2D eigenvalue weighted by Crippen LogP contribution is 2.36. The lowest BCUT2D eigenvalue weighted by atomic mass is 10.3. The highest BCUT2D eigenvalue weighted by Gasteiger charge is 2.29. The number of para-hydroxylation sites is 1. The summed E-state index contributed by atoms with van der Waals surface area (Å²) in [7, 11) is 0. The van der Waals surface area contributed by atoms with Gasteiger partial charge >= 0.3 is 0 Å². The first-order valence-corrected chi connectivity index (χ1v) is 7.29. The molecule has 1 aliphatic rings. The molecule has 1 saturated carbocycles. The smallest absolute Gasteiger partial charge is 0.151 e. The Morgan fingerprint density at radius 2 is 2.25 bits per heavy atom. The van der Waals surface area contributed by atoms with Gasteiger partial charge < -0.3 is 5.11 Å². The maximum atomic E-state index is 9.78. The standard InChI is InChI=1S/C12H13NOS2/c14-10(8-5-6-8)7-15-12-13-9-3-1-2-4-11(9)16-12/h1-4,8,10,14H,5-7H2. The number of aliphatic hydroxyl groups is 1. The topological polar surface area (TPSA) is 33.1 Å². The van der Waals surface area contributed by atoms with Crippen molar-refractivity contribution in [3.8, 4) is 0 Å². The van der Waals surface area contributed by atoms with Crippen LogP contribution in [-0.4, -0.2) is 21.9 Å². The van der Waals surface area contributed by atoms with Crippen LogP contribution in [0.2, 0.25) is 0 Å². The summed E-state index contributed by atoms with van der Waals surface area (Å²) in [5.74, 6) is 1.34. The van der Waals surface area contributed by atoms with Crippen LogP contribution in [0.1, 0.15) is 12.8 Å². The normalized spacial score (nSPS) is 17.8. The first-order valence-electron chi connectivity index (χ1n) is 5.49. The lowest BCUT2D eigenvalue weighted by molar-refractivity contribution is 0.176. The van der Waals surface area contributed by atoms with Gasteiger partial charge in [-0.2, -0.15) is 0 Å². The maximum absolute atomic E-state index is 9.78. The van der Waals surface area contributed by atoms with Gasteiger partial charge in [0.05, 0.1) is 16.3 Å². The minimum atomic E-state index is -0.142. The average molecular weight is 251 g/mol.